The highest BCUT2D eigenvalue weighted by molar-refractivity contribution is 5.78. The molecule has 0 spiro atoms. The summed E-state index contributed by atoms with van der Waals surface area (Å²) in [7, 11) is 0. The van der Waals surface area contributed by atoms with Crippen molar-refractivity contribution in [2.45, 2.75) is 0 Å². The highest BCUT2D eigenvalue weighted by Crippen LogP contribution is 1.54. The fraction of sp³-hybridized carbons (Fsp3) is 0. The van der Waals surface area contributed by atoms with Gasteiger partial charge in [0.1, 0.15) is 0 Å². The molecule has 2 N–H and O–H groups in total. The van der Waals surface area contributed by atoms with Gasteiger partial charge in [0, 0.05) is 6.08 Å². The Kier molecular flexibility index (Phi) is 2.83. The quantitative estimate of drug-likeness (QED) is 0.384. The summed E-state index contributed by atoms with van der Waals surface area (Å²) in [4.78, 5) is 30.0. The van der Waals surface area contributed by atoms with E-state index in [1.807, 2.05) is 4.98 Å². The zero-order chi connectivity index (χ0) is 8.15. The summed E-state index contributed by atoms with van der Waals surface area (Å²) in [6.45, 7) is 2.96. The van der Waals surface area contributed by atoms with E-state index in [4.69, 9.17) is 5.11 Å². The van der Waals surface area contributed by atoms with E-state index in [1.54, 1.807) is 0 Å². The Balaban J connectivity index is 0.000000162. The van der Waals surface area contributed by atoms with Crippen molar-refractivity contribution in [1.82, 2.24) is 4.98 Å². The van der Waals surface area contributed by atoms with Crippen molar-refractivity contribution < 1.29 is 9.90 Å². The molecule has 54 valence electrons. The Morgan fingerprint density at radius 1 is 1.50 bits per heavy atom. The molecule has 0 bridgehead atoms. The number of aromatic amines is 1. The smallest absolute Gasteiger partial charge is 0.327 e. The first-order chi connectivity index (χ1) is 4.57. The third-order valence-corrected chi connectivity index (χ3v) is 0.545. The van der Waals surface area contributed by atoms with Crippen molar-refractivity contribution >= 4 is 5.97 Å². The SMILES string of the molecule is C=CC(=O)O.O=c1[nH]c1=O. The first-order valence-corrected chi connectivity index (χ1v) is 2.28. The Bertz CT molecular complexity index is 269. The molecule has 0 saturated heterocycles. The summed E-state index contributed by atoms with van der Waals surface area (Å²) in [6, 6.07) is 0. The van der Waals surface area contributed by atoms with Crippen LogP contribution < -0.4 is 11.1 Å². The first-order valence-electron chi connectivity index (χ1n) is 2.28. The monoisotopic (exact) mass is 143 g/mol. The molecule has 0 aliphatic rings. The molecule has 5 heteroatoms. The van der Waals surface area contributed by atoms with Gasteiger partial charge in [-0.1, -0.05) is 6.58 Å². The standard InChI is InChI=1S/C3H4O2.C2HNO2/c1-2-3(4)5;4-1-2(5)3-1/h2H,1H2,(H,4,5);(H,3,4,5). The zero-order valence-corrected chi connectivity index (χ0v) is 4.96. The van der Waals surface area contributed by atoms with E-state index in [0.717, 1.165) is 6.08 Å². The summed E-state index contributed by atoms with van der Waals surface area (Å²) in [6.07, 6.45) is 0.833. The second-order valence-corrected chi connectivity index (χ2v) is 1.33. The minimum absolute atomic E-state index is 0.468. The maximum Gasteiger partial charge on any atom is 0.327 e. The van der Waals surface area contributed by atoms with Crippen LogP contribution in [0.3, 0.4) is 0 Å². The van der Waals surface area contributed by atoms with Gasteiger partial charge in [0.2, 0.25) is 0 Å². The molecule has 1 aromatic rings. The largest absolute Gasteiger partial charge is 0.478 e. The van der Waals surface area contributed by atoms with E-state index in [2.05, 4.69) is 6.58 Å². The topological polar surface area (TPSA) is 87.2 Å². The molecular formula is C5H5NO4. The van der Waals surface area contributed by atoms with Crippen LogP contribution in [0.1, 0.15) is 0 Å². The number of nitrogens with one attached hydrogen (secondary N) is 1. The lowest BCUT2D eigenvalue weighted by Gasteiger charge is -1.64. The van der Waals surface area contributed by atoms with Gasteiger partial charge in [-0.3, -0.25) is 14.6 Å². The average Bonchev–Trinajstić information content (AvgIpc) is 2.47. The van der Waals surface area contributed by atoms with Crippen LogP contribution in [0.2, 0.25) is 0 Å². The molecule has 1 aromatic heterocycles. The summed E-state index contributed by atoms with van der Waals surface area (Å²) < 4.78 is 0. The minimum Gasteiger partial charge on any atom is -0.478 e. The van der Waals surface area contributed by atoms with Crippen LogP contribution in [0.15, 0.2) is 22.2 Å². The molecule has 0 atom stereocenters. The molecule has 0 aromatic carbocycles. The predicted octanol–water partition coefficient (Wildman–Crippen LogP) is -1.13. The lowest BCUT2D eigenvalue weighted by Crippen LogP contribution is -1.88. The van der Waals surface area contributed by atoms with Crippen LogP contribution in [0.4, 0.5) is 0 Å². The summed E-state index contributed by atoms with van der Waals surface area (Å²) in [5.74, 6) is -0.981. The van der Waals surface area contributed by atoms with Gasteiger partial charge in [0.25, 0.3) is 0 Å². The third kappa shape index (κ3) is 4.51. The number of carboxylic acids is 1. The Hall–Kier alpha value is -1.65. The lowest BCUT2D eigenvalue weighted by molar-refractivity contribution is -0.131. The maximum absolute atomic E-state index is 9.43. The van der Waals surface area contributed by atoms with Crippen molar-refractivity contribution in [3.05, 3.63) is 33.4 Å². The zero-order valence-electron chi connectivity index (χ0n) is 4.96. The van der Waals surface area contributed by atoms with E-state index >= 15 is 0 Å². The second-order valence-electron chi connectivity index (χ2n) is 1.33. The highest BCUT2D eigenvalue weighted by atomic mass is 16.4. The second kappa shape index (κ2) is 3.39. The molecule has 0 aliphatic heterocycles. The summed E-state index contributed by atoms with van der Waals surface area (Å²) in [5, 5.41) is 7.60. The first kappa shape index (κ1) is 8.35. The number of carbonyl (C=O) groups is 1. The maximum atomic E-state index is 9.43. The number of carboxylic acid groups (broad SMARTS) is 1. The van der Waals surface area contributed by atoms with E-state index in [1.165, 1.54) is 0 Å². The van der Waals surface area contributed by atoms with Gasteiger partial charge in [-0.2, -0.15) is 0 Å². The lowest BCUT2D eigenvalue weighted by atomic mass is 10.7. The Morgan fingerprint density at radius 2 is 1.70 bits per heavy atom. The van der Waals surface area contributed by atoms with Gasteiger partial charge < -0.3 is 5.11 Å². The van der Waals surface area contributed by atoms with Gasteiger partial charge in [0.15, 0.2) is 0 Å². The average molecular weight is 143 g/mol. The number of rotatable bonds is 1. The number of aromatic nitrogens is 1. The molecule has 1 rings (SSSR count). The van der Waals surface area contributed by atoms with E-state index in [0.29, 0.717) is 0 Å². The van der Waals surface area contributed by atoms with Gasteiger partial charge in [-0.25, -0.2) is 4.79 Å². The molecule has 10 heavy (non-hydrogen) atoms. The van der Waals surface area contributed by atoms with Gasteiger partial charge in [0.05, 0.1) is 0 Å². The predicted molar refractivity (Wildman–Crippen MR) is 33.5 cm³/mol. The number of H-pyrrole nitrogens is 1. The summed E-state index contributed by atoms with van der Waals surface area (Å²) >= 11 is 0. The highest BCUT2D eigenvalue weighted by Gasteiger charge is 1.96. The van der Waals surface area contributed by atoms with Crippen molar-refractivity contribution in [3.63, 3.8) is 0 Å². The molecule has 0 saturated carbocycles. The van der Waals surface area contributed by atoms with Crippen LogP contribution in [0.5, 0.6) is 0 Å². The molecule has 1 heterocycles. The fourth-order valence-electron chi connectivity index (χ4n) is 0.0719. The van der Waals surface area contributed by atoms with E-state index < -0.39 is 17.1 Å². The number of aliphatic carboxylic acids is 1. The Morgan fingerprint density at radius 3 is 1.70 bits per heavy atom. The van der Waals surface area contributed by atoms with E-state index in [9.17, 15) is 14.4 Å². The van der Waals surface area contributed by atoms with Crippen molar-refractivity contribution in [2.24, 2.45) is 0 Å². The minimum atomic E-state index is -0.981. The van der Waals surface area contributed by atoms with E-state index in [-0.39, 0.29) is 0 Å². The van der Waals surface area contributed by atoms with Crippen LogP contribution in [0.25, 0.3) is 0 Å². The van der Waals surface area contributed by atoms with Crippen molar-refractivity contribution in [1.29, 1.82) is 0 Å². The third-order valence-electron chi connectivity index (χ3n) is 0.545. The molecule has 0 amide bonds. The fourth-order valence-corrected chi connectivity index (χ4v) is 0.0719. The molecule has 0 aliphatic carbocycles. The van der Waals surface area contributed by atoms with Crippen LogP contribution in [-0.4, -0.2) is 16.1 Å². The van der Waals surface area contributed by atoms with Crippen LogP contribution in [-0.2, 0) is 4.79 Å². The van der Waals surface area contributed by atoms with Gasteiger partial charge in [-0.15, -0.1) is 0 Å². The molecular weight excluding hydrogens is 138 g/mol. The normalized spacial score (nSPS) is 8.00. The molecule has 5 nitrogen and oxygen atoms in total. The Labute approximate surface area is 55.3 Å². The molecule has 0 fully saturated rings. The van der Waals surface area contributed by atoms with Gasteiger partial charge >= 0.3 is 17.1 Å². The molecule has 0 unspecified atom stereocenters. The van der Waals surface area contributed by atoms with Crippen molar-refractivity contribution in [3.8, 4) is 0 Å². The number of hydrogen-bond acceptors (Lipinski definition) is 3. The van der Waals surface area contributed by atoms with Crippen LogP contribution >= 0.6 is 0 Å². The van der Waals surface area contributed by atoms with Crippen LogP contribution in [0, 0.1) is 0 Å². The van der Waals surface area contributed by atoms with Crippen molar-refractivity contribution in [2.75, 3.05) is 0 Å². The van der Waals surface area contributed by atoms with Gasteiger partial charge in [-0.05, 0) is 0 Å². The summed E-state index contributed by atoms with van der Waals surface area (Å²) in [5.41, 5.74) is -0.935. The number of hydrogen-bond donors (Lipinski definition) is 2. The molecule has 0 radical (unpaired) electrons.